The van der Waals surface area contributed by atoms with Crippen LogP contribution in [0.4, 0.5) is 5.00 Å². The molecule has 1 amide bonds. The molecule has 1 saturated carbocycles. The SMILES string of the molecule is CN=C(NCC(=O)NC1CCCCC1)NC1CCN(c2cccs2)CC1.I. The highest BCUT2D eigenvalue weighted by molar-refractivity contribution is 14.0. The lowest BCUT2D eigenvalue weighted by Crippen LogP contribution is -2.51. The van der Waals surface area contributed by atoms with Gasteiger partial charge in [0.1, 0.15) is 0 Å². The Morgan fingerprint density at radius 3 is 2.48 bits per heavy atom. The van der Waals surface area contributed by atoms with Gasteiger partial charge in [-0.2, -0.15) is 0 Å². The van der Waals surface area contributed by atoms with Crippen molar-refractivity contribution in [3.05, 3.63) is 17.5 Å². The third kappa shape index (κ3) is 7.14. The summed E-state index contributed by atoms with van der Waals surface area (Å²) < 4.78 is 0. The molecule has 0 spiro atoms. The molecule has 0 bridgehead atoms. The van der Waals surface area contributed by atoms with Crippen LogP contribution in [0, 0.1) is 0 Å². The van der Waals surface area contributed by atoms with Crippen molar-refractivity contribution in [2.75, 3.05) is 31.6 Å². The Labute approximate surface area is 183 Å². The van der Waals surface area contributed by atoms with Crippen LogP contribution in [0.1, 0.15) is 44.9 Å². The van der Waals surface area contributed by atoms with Gasteiger partial charge in [-0.15, -0.1) is 35.3 Å². The first-order valence-electron chi connectivity index (χ1n) is 9.79. The number of hydrogen-bond donors (Lipinski definition) is 3. The fourth-order valence-corrected chi connectivity index (χ4v) is 4.56. The van der Waals surface area contributed by atoms with E-state index in [1.807, 2.05) is 0 Å². The Hall–Kier alpha value is -1.03. The Kier molecular flexibility index (Phi) is 9.67. The molecular weight excluding hydrogens is 473 g/mol. The molecule has 1 aliphatic carbocycles. The second kappa shape index (κ2) is 11.7. The van der Waals surface area contributed by atoms with Crippen LogP contribution in [-0.4, -0.2) is 50.6 Å². The minimum Gasteiger partial charge on any atom is -0.363 e. The van der Waals surface area contributed by atoms with E-state index in [0.29, 0.717) is 12.1 Å². The molecule has 2 fully saturated rings. The van der Waals surface area contributed by atoms with Crippen LogP contribution < -0.4 is 20.9 Å². The van der Waals surface area contributed by atoms with Crippen LogP contribution >= 0.6 is 35.3 Å². The zero-order chi connectivity index (χ0) is 18.2. The van der Waals surface area contributed by atoms with Gasteiger partial charge in [-0.05, 0) is 43.2 Å². The zero-order valence-corrected chi connectivity index (χ0v) is 19.2. The van der Waals surface area contributed by atoms with Crippen molar-refractivity contribution >= 4 is 52.2 Å². The van der Waals surface area contributed by atoms with Gasteiger partial charge in [0.25, 0.3) is 0 Å². The number of aliphatic imine (C=N–C) groups is 1. The van der Waals surface area contributed by atoms with Crippen molar-refractivity contribution in [2.24, 2.45) is 4.99 Å². The van der Waals surface area contributed by atoms with Gasteiger partial charge in [0.2, 0.25) is 5.91 Å². The fourth-order valence-electron chi connectivity index (χ4n) is 3.77. The summed E-state index contributed by atoms with van der Waals surface area (Å²) in [5.41, 5.74) is 0. The number of halogens is 1. The van der Waals surface area contributed by atoms with Crippen molar-refractivity contribution in [2.45, 2.75) is 57.0 Å². The number of guanidine groups is 1. The summed E-state index contributed by atoms with van der Waals surface area (Å²) in [6, 6.07) is 5.05. The molecule has 8 heteroatoms. The number of carbonyl (C=O) groups excluding carboxylic acids is 1. The maximum absolute atomic E-state index is 12.1. The van der Waals surface area contributed by atoms with Gasteiger partial charge < -0.3 is 20.9 Å². The first-order valence-corrected chi connectivity index (χ1v) is 10.7. The average molecular weight is 505 g/mol. The number of hydrogen-bond acceptors (Lipinski definition) is 4. The number of nitrogens with zero attached hydrogens (tertiary/aromatic N) is 2. The molecule has 0 atom stereocenters. The van der Waals surface area contributed by atoms with E-state index >= 15 is 0 Å². The molecule has 6 nitrogen and oxygen atoms in total. The lowest BCUT2D eigenvalue weighted by Gasteiger charge is -2.33. The Morgan fingerprint density at radius 1 is 1.15 bits per heavy atom. The van der Waals surface area contributed by atoms with Crippen LogP contribution in [0.2, 0.25) is 0 Å². The quantitative estimate of drug-likeness (QED) is 0.327. The van der Waals surface area contributed by atoms with E-state index < -0.39 is 0 Å². The average Bonchev–Trinajstić information content (AvgIpc) is 3.21. The topological polar surface area (TPSA) is 68.8 Å². The van der Waals surface area contributed by atoms with Gasteiger partial charge in [-0.25, -0.2) is 0 Å². The maximum atomic E-state index is 12.1. The van der Waals surface area contributed by atoms with Crippen molar-refractivity contribution in [3.8, 4) is 0 Å². The van der Waals surface area contributed by atoms with Crippen molar-refractivity contribution in [1.29, 1.82) is 0 Å². The van der Waals surface area contributed by atoms with Crippen molar-refractivity contribution in [3.63, 3.8) is 0 Å². The third-order valence-electron chi connectivity index (χ3n) is 5.26. The maximum Gasteiger partial charge on any atom is 0.239 e. The second-order valence-electron chi connectivity index (χ2n) is 7.19. The van der Waals surface area contributed by atoms with Crippen LogP contribution in [0.25, 0.3) is 0 Å². The van der Waals surface area contributed by atoms with Crippen LogP contribution in [0.5, 0.6) is 0 Å². The number of rotatable bonds is 5. The Morgan fingerprint density at radius 2 is 1.85 bits per heavy atom. The van der Waals surface area contributed by atoms with E-state index in [2.05, 4.69) is 43.4 Å². The first-order chi connectivity index (χ1) is 12.7. The molecule has 3 N–H and O–H groups in total. The highest BCUT2D eigenvalue weighted by Gasteiger charge is 2.21. The van der Waals surface area contributed by atoms with Crippen LogP contribution in [-0.2, 0) is 4.79 Å². The number of thiophene rings is 1. The van der Waals surface area contributed by atoms with Gasteiger partial charge in [0, 0.05) is 32.2 Å². The van der Waals surface area contributed by atoms with Crippen LogP contribution in [0.3, 0.4) is 0 Å². The molecule has 0 aromatic carbocycles. The minimum absolute atomic E-state index is 0. The summed E-state index contributed by atoms with van der Waals surface area (Å²) in [4.78, 5) is 18.9. The highest BCUT2D eigenvalue weighted by atomic mass is 127. The lowest BCUT2D eigenvalue weighted by molar-refractivity contribution is -0.120. The largest absolute Gasteiger partial charge is 0.363 e. The molecular formula is C19H32IN5OS. The van der Waals surface area contributed by atoms with Gasteiger partial charge in [0.05, 0.1) is 11.5 Å². The second-order valence-corrected chi connectivity index (χ2v) is 8.11. The number of anilines is 1. The van der Waals surface area contributed by atoms with Gasteiger partial charge in [0.15, 0.2) is 5.96 Å². The molecule has 1 aromatic rings. The first kappa shape index (κ1) is 22.3. The predicted molar refractivity (Wildman–Crippen MR) is 124 cm³/mol. The highest BCUT2D eigenvalue weighted by Crippen LogP contribution is 2.24. The number of piperidine rings is 1. The number of carbonyl (C=O) groups is 1. The molecule has 0 radical (unpaired) electrons. The van der Waals surface area contributed by atoms with E-state index in [1.165, 1.54) is 24.3 Å². The zero-order valence-electron chi connectivity index (χ0n) is 16.1. The van der Waals surface area contributed by atoms with E-state index in [-0.39, 0.29) is 36.4 Å². The summed E-state index contributed by atoms with van der Waals surface area (Å²) in [6.07, 6.45) is 8.13. The Balaban J connectivity index is 0.00000261. The van der Waals surface area contributed by atoms with Crippen molar-refractivity contribution < 1.29 is 4.79 Å². The molecule has 2 heterocycles. The molecule has 0 unspecified atom stereocenters. The minimum atomic E-state index is 0. The summed E-state index contributed by atoms with van der Waals surface area (Å²) in [6.45, 7) is 2.39. The molecule has 2 aliphatic rings. The number of nitrogens with one attached hydrogen (secondary N) is 3. The summed E-state index contributed by atoms with van der Waals surface area (Å²) in [7, 11) is 1.76. The fraction of sp³-hybridized carbons (Fsp3) is 0.684. The Bertz CT molecular complexity index is 581. The van der Waals surface area contributed by atoms with Gasteiger partial charge >= 0.3 is 0 Å². The van der Waals surface area contributed by atoms with Gasteiger partial charge in [-0.1, -0.05) is 19.3 Å². The van der Waals surface area contributed by atoms with Crippen LogP contribution in [0.15, 0.2) is 22.5 Å². The van der Waals surface area contributed by atoms with Gasteiger partial charge in [-0.3, -0.25) is 9.79 Å². The third-order valence-corrected chi connectivity index (χ3v) is 6.19. The number of amides is 1. The molecule has 1 saturated heterocycles. The standard InChI is InChI=1S/C19H31N5OS.HI/c1-20-19(21-14-17(25)22-15-6-3-2-4-7-15)23-16-9-11-24(12-10-16)18-8-5-13-26-18;/h5,8,13,15-16H,2-4,6-7,9-12,14H2,1H3,(H,22,25)(H2,20,21,23);1H. The molecule has 1 aliphatic heterocycles. The van der Waals surface area contributed by atoms with E-state index in [9.17, 15) is 4.79 Å². The predicted octanol–water partition coefficient (Wildman–Crippen LogP) is 2.95. The molecule has 3 rings (SSSR count). The monoisotopic (exact) mass is 505 g/mol. The molecule has 152 valence electrons. The molecule has 1 aromatic heterocycles. The summed E-state index contributed by atoms with van der Waals surface area (Å²) >= 11 is 1.80. The lowest BCUT2D eigenvalue weighted by atomic mass is 9.95. The van der Waals surface area contributed by atoms with Crippen molar-refractivity contribution in [1.82, 2.24) is 16.0 Å². The molecule has 27 heavy (non-hydrogen) atoms. The smallest absolute Gasteiger partial charge is 0.239 e. The van der Waals surface area contributed by atoms with E-state index in [1.54, 1.807) is 18.4 Å². The summed E-state index contributed by atoms with van der Waals surface area (Å²) in [5, 5.41) is 13.2. The normalized spacial score (nSPS) is 19.3. The summed E-state index contributed by atoms with van der Waals surface area (Å²) in [5.74, 6) is 0.783. The van der Waals surface area contributed by atoms with E-state index in [0.717, 1.165) is 44.7 Å². The van der Waals surface area contributed by atoms with E-state index in [4.69, 9.17) is 0 Å².